The van der Waals surface area contributed by atoms with Gasteiger partial charge in [-0.3, -0.25) is 4.68 Å². The van der Waals surface area contributed by atoms with Gasteiger partial charge in [-0.25, -0.2) is 0 Å². The molecule has 5 rings (SSSR count). The topological polar surface area (TPSA) is 29.9 Å². The summed E-state index contributed by atoms with van der Waals surface area (Å²) in [7, 11) is 4.18. The van der Waals surface area contributed by atoms with Crippen molar-refractivity contribution in [2.24, 2.45) is 29.7 Å². The first-order valence-electron chi connectivity index (χ1n) is 8.66. The summed E-state index contributed by atoms with van der Waals surface area (Å²) in [5.41, 5.74) is 2.41. The maximum absolute atomic E-state index is 4.62. The number of hydrogen-bond acceptors (Lipinski definition) is 2. The van der Waals surface area contributed by atoms with Crippen LogP contribution in [0.15, 0.2) is 12.3 Å². The summed E-state index contributed by atoms with van der Waals surface area (Å²) < 4.78 is 1.93. The van der Waals surface area contributed by atoms with Crippen molar-refractivity contribution in [2.75, 3.05) is 7.05 Å². The molecule has 4 bridgehead atoms. The fraction of sp³-hybridized carbons (Fsp3) is 0.833. The van der Waals surface area contributed by atoms with Crippen molar-refractivity contribution in [3.05, 3.63) is 18.0 Å². The molecule has 4 saturated carbocycles. The predicted octanol–water partition coefficient (Wildman–Crippen LogP) is 3.16. The lowest BCUT2D eigenvalue weighted by atomic mass is 9.43. The van der Waals surface area contributed by atoms with Gasteiger partial charge >= 0.3 is 0 Å². The molecular weight excluding hydrogens is 258 g/mol. The van der Waals surface area contributed by atoms with Gasteiger partial charge in [-0.05, 0) is 74.3 Å². The molecule has 4 fully saturated rings. The highest BCUT2D eigenvalue weighted by molar-refractivity contribution is 5.13. The Hall–Kier alpha value is -0.830. The molecule has 0 spiro atoms. The van der Waals surface area contributed by atoms with Crippen LogP contribution in [0.5, 0.6) is 0 Å². The van der Waals surface area contributed by atoms with E-state index in [1.807, 2.05) is 11.7 Å². The van der Waals surface area contributed by atoms with Crippen molar-refractivity contribution in [1.82, 2.24) is 15.1 Å². The molecule has 0 saturated heterocycles. The Kier molecular flexibility index (Phi) is 3.01. The van der Waals surface area contributed by atoms with Crippen LogP contribution in [0.25, 0.3) is 0 Å². The second kappa shape index (κ2) is 4.58. The summed E-state index contributed by atoms with van der Waals surface area (Å²) in [6.07, 6.45) is 12.0. The van der Waals surface area contributed by atoms with Crippen molar-refractivity contribution < 1.29 is 0 Å². The van der Waals surface area contributed by atoms with E-state index in [0.29, 0.717) is 16.9 Å². The molecule has 3 nitrogen and oxygen atoms in total. The Balaban J connectivity index is 1.60. The molecule has 3 unspecified atom stereocenters. The number of likely N-dealkylation sites (N-methyl/N-ethyl adjacent to an activating group) is 1. The van der Waals surface area contributed by atoms with Gasteiger partial charge in [0.1, 0.15) is 0 Å². The molecule has 1 N–H and O–H groups in total. The average molecular weight is 287 g/mol. The highest BCUT2D eigenvalue weighted by Crippen LogP contribution is 2.66. The minimum atomic E-state index is 0.533. The Labute approximate surface area is 128 Å². The molecule has 4 aliphatic rings. The second-order valence-electron chi connectivity index (χ2n) is 8.66. The molecule has 1 aromatic heterocycles. The van der Waals surface area contributed by atoms with Crippen molar-refractivity contribution in [1.29, 1.82) is 0 Å². The fourth-order valence-electron chi connectivity index (χ4n) is 6.61. The zero-order chi connectivity index (χ0) is 14.7. The minimum absolute atomic E-state index is 0.533. The quantitative estimate of drug-likeness (QED) is 0.922. The van der Waals surface area contributed by atoms with Crippen molar-refractivity contribution >= 4 is 0 Å². The zero-order valence-corrected chi connectivity index (χ0v) is 13.7. The van der Waals surface area contributed by atoms with Gasteiger partial charge in [0.15, 0.2) is 0 Å². The number of hydrogen-bond donors (Lipinski definition) is 1. The van der Waals surface area contributed by atoms with Crippen LogP contribution in [-0.4, -0.2) is 22.9 Å². The van der Waals surface area contributed by atoms with Crippen LogP contribution in [0.4, 0.5) is 0 Å². The van der Waals surface area contributed by atoms with E-state index in [4.69, 9.17) is 0 Å². The van der Waals surface area contributed by atoms with E-state index in [9.17, 15) is 0 Å². The van der Waals surface area contributed by atoms with Crippen molar-refractivity contribution in [3.63, 3.8) is 0 Å². The summed E-state index contributed by atoms with van der Waals surface area (Å²) in [5.74, 6) is 1.99. The Morgan fingerprint density at radius 1 is 1.33 bits per heavy atom. The molecule has 4 aliphatic carbocycles. The van der Waals surface area contributed by atoms with Crippen LogP contribution in [0.1, 0.15) is 51.1 Å². The van der Waals surface area contributed by atoms with Gasteiger partial charge in [0.25, 0.3) is 0 Å². The largest absolute Gasteiger partial charge is 0.316 e. The lowest BCUT2D eigenvalue weighted by Crippen LogP contribution is -2.58. The second-order valence-corrected chi connectivity index (χ2v) is 8.66. The monoisotopic (exact) mass is 287 g/mol. The number of aryl methyl sites for hydroxylation is 1. The first-order chi connectivity index (χ1) is 10.0. The summed E-state index contributed by atoms with van der Waals surface area (Å²) in [6.45, 7) is 2.56. The molecule has 3 atom stereocenters. The standard InChI is InChI=1S/C18H29N3/c1-17-8-13-6-14(9-17)11-18(10-13,12-17)16(19-2)7-15-4-5-21(3)20-15/h4-5,13-14,16,19H,6-12H2,1-3H3. The summed E-state index contributed by atoms with van der Waals surface area (Å²) in [6, 6.07) is 2.78. The van der Waals surface area contributed by atoms with Gasteiger partial charge in [-0.15, -0.1) is 0 Å². The molecule has 3 heteroatoms. The van der Waals surface area contributed by atoms with Crippen LogP contribution >= 0.6 is 0 Å². The van der Waals surface area contributed by atoms with Gasteiger partial charge < -0.3 is 5.32 Å². The molecule has 0 aromatic carbocycles. The Morgan fingerprint density at radius 3 is 2.57 bits per heavy atom. The van der Waals surface area contributed by atoms with E-state index in [0.717, 1.165) is 18.3 Å². The minimum Gasteiger partial charge on any atom is -0.316 e. The Morgan fingerprint density at radius 2 is 2.05 bits per heavy atom. The predicted molar refractivity (Wildman–Crippen MR) is 85.0 cm³/mol. The third kappa shape index (κ3) is 2.25. The first kappa shape index (κ1) is 13.8. The first-order valence-corrected chi connectivity index (χ1v) is 8.66. The van der Waals surface area contributed by atoms with E-state index in [2.05, 4.69) is 36.7 Å². The summed E-state index contributed by atoms with van der Waals surface area (Å²) >= 11 is 0. The maximum Gasteiger partial charge on any atom is 0.0640 e. The highest BCUT2D eigenvalue weighted by atomic mass is 15.2. The normalized spacial score (nSPS) is 42.4. The van der Waals surface area contributed by atoms with Gasteiger partial charge in [0.05, 0.1) is 5.69 Å². The van der Waals surface area contributed by atoms with E-state index in [1.54, 1.807) is 0 Å². The molecule has 0 radical (unpaired) electrons. The lowest BCUT2D eigenvalue weighted by Gasteiger charge is -2.63. The van der Waals surface area contributed by atoms with Gasteiger partial charge in [0.2, 0.25) is 0 Å². The highest BCUT2D eigenvalue weighted by Gasteiger charge is 2.57. The number of nitrogens with zero attached hydrogens (tertiary/aromatic N) is 2. The molecule has 1 aromatic rings. The number of rotatable bonds is 4. The zero-order valence-electron chi connectivity index (χ0n) is 13.7. The van der Waals surface area contributed by atoms with Crippen molar-refractivity contribution in [3.8, 4) is 0 Å². The van der Waals surface area contributed by atoms with E-state index >= 15 is 0 Å². The van der Waals surface area contributed by atoms with Gasteiger partial charge in [-0.1, -0.05) is 6.92 Å². The fourth-order valence-corrected chi connectivity index (χ4v) is 6.61. The summed E-state index contributed by atoms with van der Waals surface area (Å²) in [5, 5.41) is 8.30. The van der Waals surface area contributed by atoms with Crippen LogP contribution in [-0.2, 0) is 13.5 Å². The third-order valence-corrected chi connectivity index (χ3v) is 6.67. The Bertz CT molecular complexity index is 518. The van der Waals surface area contributed by atoms with E-state index < -0.39 is 0 Å². The lowest BCUT2D eigenvalue weighted by molar-refractivity contribution is -0.117. The van der Waals surface area contributed by atoms with Gasteiger partial charge in [0, 0.05) is 25.7 Å². The van der Waals surface area contributed by atoms with E-state index in [-0.39, 0.29) is 0 Å². The van der Waals surface area contributed by atoms with Crippen LogP contribution < -0.4 is 5.32 Å². The molecular formula is C18H29N3. The third-order valence-electron chi connectivity index (χ3n) is 6.67. The number of nitrogens with one attached hydrogen (secondary N) is 1. The molecule has 0 amide bonds. The average Bonchev–Trinajstić information content (AvgIpc) is 2.78. The van der Waals surface area contributed by atoms with Gasteiger partial charge in [-0.2, -0.15) is 5.10 Å². The molecule has 0 aliphatic heterocycles. The molecule has 1 heterocycles. The van der Waals surface area contributed by atoms with Crippen LogP contribution in [0.2, 0.25) is 0 Å². The maximum atomic E-state index is 4.62. The summed E-state index contributed by atoms with van der Waals surface area (Å²) in [4.78, 5) is 0. The van der Waals surface area contributed by atoms with E-state index in [1.165, 1.54) is 44.2 Å². The van der Waals surface area contributed by atoms with Crippen LogP contribution in [0, 0.1) is 22.7 Å². The molecule has 116 valence electrons. The SMILES string of the molecule is CNC(Cc1ccn(C)n1)C12CC3CC(CC(C)(C3)C1)C2. The smallest absolute Gasteiger partial charge is 0.0640 e. The van der Waals surface area contributed by atoms with Crippen LogP contribution in [0.3, 0.4) is 0 Å². The van der Waals surface area contributed by atoms with Crippen molar-refractivity contribution in [2.45, 2.75) is 57.9 Å². The number of aromatic nitrogens is 2. The molecule has 21 heavy (non-hydrogen) atoms.